The van der Waals surface area contributed by atoms with Crippen LogP contribution >= 0.6 is 0 Å². The van der Waals surface area contributed by atoms with E-state index >= 15 is 0 Å². The number of phenolic OH excluding ortho intramolecular Hbond substituents is 2. The van der Waals surface area contributed by atoms with Gasteiger partial charge in [0.2, 0.25) is 0 Å². The third kappa shape index (κ3) is 4.16. The second-order valence-corrected chi connectivity index (χ2v) is 4.64. The Bertz CT molecular complexity index is 642. The first-order valence-corrected chi connectivity index (χ1v) is 6.60. The third-order valence-corrected chi connectivity index (χ3v) is 3.23. The van der Waals surface area contributed by atoms with E-state index in [1.54, 1.807) is 24.3 Å². The molecule has 2 rings (SSSR count). The van der Waals surface area contributed by atoms with Gasteiger partial charge < -0.3 is 14.9 Å². The number of aromatic hydroxyl groups is 2. The number of benzene rings is 2. The molecule has 0 aromatic heterocycles. The van der Waals surface area contributed by atoms with E-state index < -0.39 is 0 Å². The van der Waals surface area contributed by atoms with Crippen molar-refractivity contribution in [3.05, 3.63) is 72.3 Å². The molecule has 3 heteroatoms. The van der Waals surface area contributed by atoms with E-state index in [1.807, 2.05) is 36.4 Å². The Labute approximate surface area is 131 Å². The molecule has 0 aliphatic heterocycles. The van der Waals surface area contributed by atoms with Gasteiger partial charge in [-0.2, -0.15) is 0 Å². The van der Waals surface area contributed by atoms with Gasteiger partial charge in [-0.05, 0) is 35.4 Å². The highest BCUT2D eigenvalue weighted by Crippen LogP contribution is 2.28. The van der Waals surface area contributed by atoms with Crippen LogP contribution in [0.25, 0.3) is 6.08 Å². The van der Waals surface area contributed by atoms with Gasteiger partial charge >= 0.3 is 0 Å². The normalized spacial score (nSPS) is 11.7. The summed E-state index contributed by atoms with van der Waals surface area (Å²) in [4.78, 5) is 0. The number of rotatable bonds is 5. The maximum absolute atomic E-state index is 9.75. The number of phenols is 2. The Morgan fingerprint density at radius 3 is 2.32 bits per heavy atom. The first kappa shape index (κ1) is 17.4. The molecule has 0 saturated carbocycles. The average Bonchev–Trinajstić information content (AvgIpc) is 2.49. The average molecular weight is 298 g/mol. The standard InChI is InChI=1S/C18H18O3.CH4/c1-3-14(15-7-9-16(19)10-8-15)6-4-13-5-11-18(21-2)17(20)12-13;/h3-12,14,19-20H,1H2,2H3;1H4/b6-4-;. The summed E-state index contributed by atoms with van der Waals surface area (Å²) < 4.78 is 5.01. The Kier molecular flexibility index (Phi) is 6.26. The van der Waals surface area contributed by atoms with E-state index in [0.29, 0.717) is 5.75 Å². The monoisotopic (exact) mass is 298 g/mol. The van der Waals surface area contributed by atoms with Gasteiger partial charge in [0.1, 0.15) is 5.75 Å². The zero-order valence-electron chi connectivity index (χ0n) is 11.9. The molecule has 0 saturated heterocycles. The van der Waals surface area contributed by atoms with Gasteiger partial charge in [0.05, 0.1) is 7.11 Å². The molecular formula is C19H22O3. The number of methoxy groups -OCH3 is 1. The summed E-state index contributed by atoms with van der Waals surface area (Å²) in [6.45, 7) is 3.83. The van der Waals surface area contributed by atoms with Gasteiger partial charge in [0.15, 0.2) is 11.5 Å². The zero-order valence-corrected chi connectivity index (χ0v) is 11.9. The van der Waals surface area contributed by atoms with Gasteiger partial charge in [0, 0.05) is 5.92 Å². The second-order valence-electron chi connectivity index (χ2n) is 4.64. The van der Waals surface area contributed by atoms with Crippen LogP contribution < -0.4 is 4.74 Å². The Hall–Kier alpha value is -2.68. The van der Waals surface area contributed by atoms with Gasteiger partial charge in [-0.25, -0.2) is 0 Å². The predicted octanol–water partition coefficient (Wildman–Crippen LogP) is 4.73. The van der Waals surface area contributed by atoms with E-state index in [9.17, 15) is 10.2 Å². The largest absolute Gasteiger partial charge is 0.508 e. The molecule has 0 amide bonds. The van der Waals surface area contributed by atoms with Crippen LogP contribution in [0.15, 0.2) is 61.2 Å². The predicted molar refractivity (Wildman–Crippen MR) is 91.5 cm³/mol. The molecular weight excluding hydrogens is 276 g/mol. The summed E-state index contributed by atoms with van der Waals surface area (Å²) in [5.74, 6) is 0.839. The smallest absolute Gasteiger partial charge is 0.160 e. The van der Waals surface area contributed by atoms with Crippen LogP contribution in [0.2, 0.25) is 0 Å². The van der Waals surface area contributed by atoms with Crippen LogP contribution in [0.4, 0.5) is 0 Å². The lowest BCUT2D eigenvalue weighted by molar-refractivity contribution is 0.373. The lowest BCUT2D eigenvalue weighted by atomic mass is 9.98. The van der Waals surface area contributed by atoms with Crippen molar-refractivity contribution in [2.75, 3.05) is 7.11 Å². The van der Waals surface area contributed by atoms with E-state index in [0.717, 1.165) is 11.1 Å². The van der Waals surface area contributed by atoms with Crippen molar-refractivity contribution in [3.63, 3.8) is 0 Å². The van der Waals surface area contributed by atoms with Crippen molar-refractivity contribution >= 4 is 6.08 Å². The molecule has 0 heterocycles. The SMILES string of the molecule is C.C=CC(/C=C\c1ccc(OC)c(O)c1)c1ccc(O)cc1. The lowest BCUT2D eigenvalue weighted by Crippen LogP contribution is -1.90. The molecule has 0 radical (unpaired) electrons. The molecule has 0 aliphatic carbocycles. The van der Waals surface area contributed by atoms with Crippen LogP contribution in [0.1, 0.15) is 24.5 Å². The van der Waals surface area contributed by atoms with Gasteiger partial charge in [-0.3, -0.25) is 0 Å². The van der Waals surface area contributed by atoms with E-state index in [-0.39, 0.29) is 24.8 Å². The molecule has 1 unspecified atom stereocenters. The number of hydrogen-bond donors (Lipinski definition) is 2. The highest BCUT2D eigenvalue weighted by atomic mass is 16.5. The van der Waals surface area contributed by atoms with Crippen molar-refractivity contribution in [2.45, 2.75) is 13.3 Å². The molecule has 0 aliphatic rings. The van der Waals surface area contributed by atoms with Crippen LogP contribution in [-0.2, 0) is 0 Å². The summed E-state index contributed by atoms with van der Waals surface area (Å²) in [5, 5.41) is 19.1. The van der Waals surface area contributed by atoms with Crippen molar-refractivity contribution < 1.29 is 14.9 Å². The highest BCUT2D eigenvalue weighted by Gasteiger charge is 2.04. The number of ether oxygens (including phenoxy) is 1. The fraction of sp³-hybridized carbons (Fsp3) is 0.158. The number of hydrogen-bond acceptors (Lipinski definition) is 3. The topological polar surface area (TPSA) is 49.7 Å². The summed E-state index contributed by atoms with van der Waals surface area (Å²) in [5.41, 5.74) is 1.91. The van der Waals surface area contributed by atoms with Crippen molar-refractivity contribution in [1.82, 2.24) is 0 Å². The van der Waals surface area contributed by atoms with Crippen LogP contribution in [0.5, 0.6) is 17.2 Å². The van der Waals surface area contributed by atoms with E-state index in [4.69, 9.17) is 4.74 Å². The first-order chi connectivity index (χ1) is 10.1. The third-order valence-electron chi connectivity index (χ3n) is 3.23. The van der Waals surface area contributed by atoms with Crippen LogP contribution in [0.3, 0.4) is 0 Å². The fourth-order valence-corrected chi connectivity index (χ4v) is 2.05. The minimum atomic E-state index is 0. The minimum absolute atomic E-state index is 0. The number of allylic oxidation sites excluding steroid dienone is 2. The molecule has 2 aromatic rings. The maximum Gasteiger partial charge on any atom is 0.160 e. The molecule has 116 valence electrons. The Morgan fingerprint density at radius 2 is 1.77 bits per heavy atom. The van der Waals surface area contributed by atoms with Crippen molar-refractivity contribution in [2.24, 2.45) is 0 Å². The molecule has 0 fully saturated rings. The highest BCUT2D eigenvalue weighted by molar-refractivity contribution is 5.56. The Morgan fingerprint density at radius 1 is 1.09 bits per heavy atom. The van der Waals surface area contributed by atoms with Gasteiger partial charge in [-0.15, -0.1) is 6.58 Å². The summed E-state index contributed by atoms with van der Waals surface area (Å²) in [6, 6.07) is 12.3. The fourth-order valence-electron chi connectivity index (χ4n) is 2.05. The van der Waals surface area contributed by atoms with Crippen molar-refractivity contribution in [3.8, 4) is 17.2 Å². The molecule has 0 bridgehead atoms. The Balaban J connectivity index is 0.00000242. The summed E-state index contributed by atoms with van der Waals surface area (Å²) in [7, 11) is 1.52. The first-order valence-electron chi connectivity index (χ1n) is 6.60. The molecule has 3 nitrogen and oxygen atoms in total. The molecule has 22 heavy (non-hydrogen) atoms. The van der Waals surface area contributed by atoms with Crippen LogP contribution in [-0.4, -0.2) is 17.3 Å². The maximum atomic E-state index is 9.75. The lowest BCUT2D eigenvalue weighted by Gasteiger charge is -2.08. The zero-order chi connectivity index (χ0) is 15.2. The second kappa shape index (κ2) is 7.93. The molecule has 2 aromatic carbocycles. The molecule has 0 spiro atoms. The molecule has 1 atom stereocenters. The summed E-state index contributed by atoms with van der Waals surface area (Å²) >= 11 is 0. The van der Waals surface area contributed by atoms with Gasteiger partial charge in [0.25, 0.3) is 0 Å². The minimum Gasteiger partial charge on any atom is -0.508 e. The van der Waals surface area contributed by atoms with Crippen LogP contribution in [0, 0.1) is 0 Å². The van der Waals surface area contributed by atoms with Crippen molar-refractivity contribution in [1.29, 1.82) is 0 Å². The molecule has 2 N–H and O–H groups in total. The van der Waals surface area contributed by atoms with Gasteiger partial charge in [-0.1, -0.05) is 43.9 Å². The summed E-state index contributed by atoms with van der Waals surface area (Å²) in [6.07, 6.45) is 5.73. The quantitative estimate of drug-likeness (QED) is 0.785. The van der Waals surface area contributed by atoms with E-state index in [1.165, 1.54) is 7.11 Å². The van der Waals surface area contributed by atoms with E-state index in [2.05, 4.69) is 6.58 Å².